The lowest BCUT2D eigenvalue weighted by Gasteiger charge is -2.05. The van der Waals surface area contributed by atoms with Crippen LogP contribution in [-0.2, 0) is 13.6 Å². The molecule has 0 amide bonds. The van der Waals surface area contributed by atoms with Crippen LogP contribution in [0.3, 0.4) is 0 Å². The van der Waals surface area contributed by atoms with Gasteiger partial charge in [-0.25, -0.2) is 14.8 Å². The fourth-order valence-corrected chi connectivity index (χ4v) is 2.88. The Hall–Kier alpha value is -3.96. The fourth-order valence-electron chi connectivity index (χ4n) is 2.88. The second-order valence-electron chi connectivity index (χ2n) is 6.88. The van der Waals surface area contributed by atoms with Crippen molar-refractivity contribution >= 4 is 17.7 Å². The van der Waals surface area contributed by atoms with Crippen LogP contribution in [0, 0.1) is 0 Å². The van der Waals surface area contributed by atoms with Crippen LogP contribution in [0.4, 0.5) is 5.95 Å². The number of aryl methyl sites for hydroxylation is 1. The molecule has 1 aliphatic carbocycles. The molecule has 0 aliphatic heterocycles. The summed E-state index contributed by atoms with van der Waals surface area (Å²) in [5.41, 5.74) is 1.69. The van der Waals surface area contributed by atoms with Crippen LogP contribution in [-0.4, -0.2) is 50.2 Å². The first-order valence-electron chi connectivity index (χ1n) is 9.08. The molecule has 0 spiro atoms. The van der Waals surface area contributed by atoms with E-state index in [9.17, 15) is 9.90 Å². The third-order valence-electron chi connectivity index (χ3n) is 4.60. The number of aromatic amines is 2. The molecule has 0 unspecified atom stereocenters. The highest BCUT2D eigenvalue weighted by Crippen LogP contribution is 2.22. The highest BCUT2D eigenvalue weighted by molar-refractivity contribution is 5.57. The van der Waals surface area contributed by atoms with Crippen molar-refractivity contribution in [2.75, 3.05) is 5.32 Å². The van der Waals surface area contributed by atoms with Crippen molar-refractivity contribution in [2.45, 2.75) is 25.4 Å². The van der Waals surface area contributed by atoms with Crippen LogP contribution in [0.25, 0.3) is 11.7 Å². The van der Waals surface area contributed by atoms with Crippen LogP contribution in [0.5, 0.6) is 5.88 Å². The highest BCUT2D eigenvalue weighted by atomic mass is 16.3. The van der Waals surface area contributed by atoms with Crippen molar-refractivity contribution in [2.24, 2.45) is 12.0 Å². The van der Waals surface area contributed by atoms with Gasteiger partial charge in [-0.15, -0.1) is 0 Å². The minimum atomic E-state index is -0.497. The Morgan fingerprint density at radius 3 is 2.90 bits per heavy atom. The van der Waals surface area contributed by atoms with Crippen LogP contribution >= 0.6 is 0 Å². The van der Waals surface area contributed by atoms with Gasteiger partial charge in [0.05, 0.1) is 30.8 Å². The summed E-state index contributed by atoms with van der Waals surface area (Å²) in [7, 11) is 1.91. The van der Waals surface area contributed by atoms with E-state index >= 15 is 0 Å². The van der Waals surface area contributed by atoms with Gasteiger partial charge in [0.2, 0.25) is 11.8 Å². The van der Waals surface area contributed by atoms with E-state index in [2.05, 4.69) is 40.3 Å². The van der Waals surface area contributed by atoms with Crippen LogP contribution < -0.4 is 21.8 Å². The van der Waals surface area contributed by atoms with E-state index < -0.39 is 5.69 Å². The zero-order valence-electron chi connectivity index (χ0n) is 15.5. The van der Waals surface area contributed by atoms with Crippen molar-refractivity contribution in [3.05, 3.63) is 51.4 Å². The summed E-state index contributed by atoms with van der Waals surface area (Å²) >= 11 is 0. The van der Waals surface area contributed by atoms with Gasteiger partial charge < -0.3 is 20.0 Å². The number of aromatic nitrogens is 8. The van der Waals surface area contributed by atoms with Crippen molar-refractivity contribution < 1.29 is 5.11 Å². The molecule has 5 rings (SSSR count). The van der Waals surface area contributed by atoms with E-state index in [4.69, 9.17) is 0 Å². The summed E-state index contributed by atoms with van der Waals surface area (Å²) < 4.78 is 3.46. The number of H-pyrrole nitrogens is 2. The minimum absolute atomic E-state index is 0.244. The molecule has 1 aliphatic rings. The molecule has 4 aromatic heterocycles. The molecule has 0 aromatic carbocycles. The van der Waals surface area contributed by atoms with Crippen LogP contribution in [0.1, 0.15) is 24.2 Å². The van der Waals surface area contributed by atoms with Crippen molar-refractivity contribution in [3.63, 3.8) is 0 Å². The largest absolute Gasteiger partial charge is 0.493 e. The summed E-state index contributed by atoms with van der Waals surface area (Å²) in [5, 5.41) is 18.0. The fraction of sp³-hybridized carbons (Fsp3) is 0.294. The predicted molar refractivity (Wildman–Crippen MR) is 102 cm³/mol. The Kier molecular flexibility index (Phi) is 3.89. The molecule has 0 atom stereocenters. The Morgan fingerprint density at radius 1 is 1.34 bits per heavy atom. The maximum absolute atomic E-state index is 11.4. The van der Waals surface area contributed by atoms with Crippen LogP contribution in [0.15, 0.2) is 28.5 Å². The first kappa shape index (κ1) is 17.2. The van der Waals surface area contributed by atoms with Crippen molar-refractivity contribution in [1.29, 1.82) is 0 Å². The zero-order valence-corrected chi connectivity index (χ0v) is 15.5. The molecule has 12 heteroatoms. The Labute approximate surface area is 162 Å². The number of hydrogen-bond donors (Lipinski definition) is 4. The smallest absolute Gasteiger partial charge is 0.326 e. The summed E-state index contributed by atoms with van der Waals surface area (Å²) in [6.45, 7) is 0.495. The molecule has 0 bridgehead atoms. The molecule has 4 N–H and O–H groups in total. The van der Waals surface area contributed by atoms with Gasteiger partial charge >= 0.3 is 5.69 Å². The second kappa shape index (κ2) is 6.58. The predicted octanol–water partition coefficient (Wildman–Crippen LogP) is -1.20. The normalized spacial score (nSPS) is 15.5. The number of aromatic hydroxyl groups is 1. The van der Waals surface area contributed by atoms with E-state index in [0.29, 0.717) is 29.0 Å². The maximum atomic E-state index is 11.4. The molecule has 148 valence electrons. The molecular formula is C17H18N10O2. The topological polar surface area (TPSA) is 154 Å². The van der Waals surface area contributed by atoms with E-state index in [-0.39, 0.29) is 17.6 Å². The van der Waals surface area contributed by atoms with E-state index in [1.54, 1.807) is 29.3 Å². The quantitative estimate of drug-likeness (QED) is 0.331. The third-order valence-corrected chi connectivity index (χ3v) is 4.60. The molecule has 1 saturated carbocycles. The lowest BCUT2D eigenvalue weighted by molar-refractivity contribution is 0.454. The average Bonchev–Trinajstić information content (AvgIpc) is 3.11. The maximum Gasteiger partial charge on any atom is 0.326 e. The lowest BCUT2D eigenvalue weighted by atomic mass is 10.3. The minimum Gasteiger partial charge on any atom is -0.493 e. The number of hydrogen-bond acceptors (Lipinski definition) is 8. The number of anilines is 1. The SMILES string of the molecule is Cn1cncc1CNc1nc(=NC2CC2)n2nc/c(=C\c3[nH]c(=O)[nH]c3O)c2n1. The molecule has 0 radical (unpaired) electrons. The van der Waals surface area contributed by atoms with Crippen LogP contribution in [0.2, 0.25) is 0 Å². The van der Waals surface area contributed by atoms with Gasteiger partial charge in [-0.1, -0.05) is 0 Å². The molecule has 0 saturated heterocycles. The standard InChI is InChI=1S/C17H18N10O2/c1-26-8-18-6-11(26)7-19-15-23-13-9(4-12-14(28)24-17(29)22-12)5-20-27(13)16(25-15)21-10-2-3-10/h4-6,8,10,28H,2-3,7H2,1H3,(H,19,21,25)(H2,22,24,29)/b9-4+. The summed E-state index contributed by atoms with van der Waals surface area (Å²) in [6, 6.07) is 0.250. The van der Waals surface area contributed by atoms with Gasteiger partial charge in [0, 0.05) is 18.5 Å². The number of rotatable bonds is 5. The lowest BCUT2D eigenvalue weighted by Crippen LogP contribution is -2.25. The second-order valence-corrected chi connectivity index (χ2v) is 6.88. The van der Waals surface area contributed by atoms with Gasteiger partial charge in [-0.05, 0) is 18.9 Å². The van der Waals surface area contributed by atoms with Gasteiger partial charge in [-0.2, -0.15) is 19.6 Å². The monoisotopic (exact) mass is 394 g/mol. The Bertz CT molecular complexity index is 1370. The van der Waals surface area contributed by atoms with Gasteiger partial charge in [0.25, 0.3) is 5.62 Å². The van der Waals surface area contributed by atoms with Gasteiger partial charge in [0.15, 0.2) is 5.65 Å². The first-order valence-corrected chi connectivity index (χ1v) is 9.08. The number of nitrogens with one attached hydrogen (secondary N) is 3. The molecule has 4 aromatic rings. The average molecular weight is 394 g/mol. The van der Waals surface area contributed by atoms with Crippen molar-refractivity contribution in [1.82, 2.24) is 39.1 Å². The first-order chi connectivity index (χ1) is 14.1. The molecule has 1 fully saturated rings. The summed E-state index contributed by atoms with van der Waals surface area (Å²) in [4.78, 5) is 34.0. The number of fused-ring (bicyclic) bond motifs is 1. The van der Waals surface area contributed by atoms with E-state index in [1.807, 2.05) is 11.6 Å². The van der Waals surface area contributed by atoms with Gasteiger partial charge in [0.1, 0.15) is 5.69 Å². The highest BCUT2D eigenvalue weighted by Gasteiger charge is 2.21. The number of imidazole rings is 2. The van der Waals surface area contributed by atoms with E-state index in [1.165, 1.54) is 0 Å². The molecule has 12 nitrogen and oxygen atoms in total. The summed E-state index contributed by atoms with van der Waals surface area (Å²) in [6.07, 6.45) is 8.73. The zero-order chi connectivity index (χ0) is 20.0. The van der Waals surface area contributed by atoms with E-state index in [0.717, 1.165) is 18.5 Å². The third kappa shape index (κ3) is 3.35. The van der Waals surface area contributed by atoms with Crippen molar-refractivity contribution in [3.8, 4) is 5.88 Å². The van der Waals surface area contributed by atoms with Gasteiger partial charge in [-0.3, -0.25) is 4.98 Å². The number of nitrogens with zero attached hydrogens (tertiary/aromatic N) is 7. The Morgan fingerprint density at radius 2 is 2.21 bits per heavy atom. The Balaban J connectivity index is 1.62. The summed E-state index contributed by atoms with van der Waals surface area (Å²) in [5.74, 6) is 0.154. The molecule has 29 heavy (non-hydrogen) atoms. The molecule has 4 heterocycles. The molecular weight excluding hydrogens is 376 g/mol.